The van der Waals surface area contributed by atoms with Crippen molar-refractivity contribution in [2.45, 2.75) is 44.6 Å². The summed E-state index contributed by atoms with van der Waals surface area (Å²) in [7, 11) is 0. The number of alkyl carbamates (subject to hydrolysis) is 1. The largest absolute Gasteiger partial charge is 0.481 e. The summed E-state index contributed by atoms with van der Waals surface area (Å²) >= 11 is 0. The fourth-order valence-corrected chi connectivity index (χ4v) is 2.66. The number of H-pyrrole nitrogens is 1. The van der Waals surface area contributed by atoms with Gasteiger partial charge in [-0.15, -0.1) is 0 Å². The second-order valence-electron chi connectivity index (χ2n) is 6.14. The molecular weight excluding hydrogens is 376 g/mol. The number of nitrogens with zero attached hydrogens (tertiary/aromatic N) is 4. The van der Waals surface area contributed by atoms with Crippen LogP contribution < -0.4 is 16.6 Å². The van der Waals surface area contributed by atoms with Crippen molar-refractivity contribution in [3.05, 3.63) is 43.0 Å². The fraction of sp³-hybridized carbons (Fsp3) is 0.600. The molecule has 0 radical (unpaired) electrons. The Balaban J connectivity index is 1.96. The van der Waals surface area contributed by atoms with Gasteiger partial charge >= 0.3 is 17.8 Å². The van der Waals surface area contributed by atoms with Gasteiger partial charge in [0.25, 0.3) is 5.56 Å². The Morgan fingerprint density at radius 1 is 1.54 bits per heavy atom. The number of rotatable bonds is 8. The minimum atomic E-state index is -0.967. The van der Waals surface area contributed by atoms with Crippen LogP contribution in [-0.2, 0) is 14.3 Å². The Labute approximate surface area is 157 Å². The third kappa shape index (κ3) is 5.59. The van der Waals surface area contributed by atoms with E-state index in [0.29, 0.717) is 5.56 Å². The molecule has 1 aliphatic heterocycles. The van der Waals surface area contributed by atoms with Gasteiger partial charge in [0, 0.05) is 36.1 Å². The predicted molar refractivity (Wildman–Crippen MR) is 93.7 cm³/mol. The number of carboxylic acids is 1. The number of carboxylic acid groups (broad SMARTS) is 1. The average molecular weight is 396 g/mol. The van der Waals surface area contributed by atoms with Crippen LogP contribution in [0.3, 0.4) is 0 Å². The van der Waals surface area contributed by atoms with E-state index in [1.807, 2.05) is 0 Å². The Hall–Kier alpha value is -3.31. The van der Waals surface area contributed by atoms with Gasteiger partial charge in [-0.3, -0.25) is 19.1 Å². The van der Waals surface area contributed by atoms with E-state index in [1.54, 1.807) is 0 Å². The lowest BCUT2D eigenvalue weighted by atomic mass is 10.1. The van der Waals surface area contributed by atoms with Gasteiger partial charge in [0.2, 0.25) is 0 Å². The minimum Gasteiger partial charge on any atom is -0.481 e. The van der Waals surface area contributed by atoms with Gasteiger partial charge in [0.1, 0.15) is 18.9 Å². The Kier molecular flexibility index (Phi) is 7.18. The molecule has 28 heavy (non-hydrogen) atoms. The smallest absolute Gasteiger partial charge is 0.407 e. The number of nitrogens with one attached hydrogen (secondary N) is 2. The molecule has 1 aliphatic rings. The highest BCUT2D eigenvalue weighted by atomic mass is 16.6. The van der Waals surface area contributed by atoms with E-state index in [1.165, 1.54) is 17.7 Å². The van der Waals surface area contributed by atoms with Gasteiger partial charge in [0.05, 0.1) is 6.04 Å². The van der Waals surface area contributed by atoms with Crippen LogP contribution in [0.2, 0.25) is 0 Å². The SMILES string of the molecule is Cc1cn(C2CC(N=[N+]=[N-])C(COC(=O)NCCCC(=O)O)O2)c(=O)[nH]c1=O. The Bertz CT molecular complexity index is 888. The van der Waals surface area contributed by atoms with E-state index in [0.717, 1.165) is 0 Å². The quantitative estimate of drug-likeness (QED) is 0.245. The topological polar surface area (TPSA) is 188 Å². The maximum Gasteiger partial charge on any atom is 0.407 e. The van der Waals surface area contributed by atoms with E-state index >= 15 is 0 Å². The maximum absolute atomic E-state index is 12.0. The van der Waals surface area contributed by atoms with Crippen LogP contribution in [-0.4, -0.2) is 52.0 Å². The number of carbonyl (C=O) groups is 2. The van der Waals surface area contributed by atoms with Gasteiger partial charge in [-0.25, -0.2) is 9.59 Å². The second-order valence-corrected chi connectivity index (χ2v) is 6.14. The van der Waals surface area contributed by atoms with E-state index < -0.39 is 41.7 Å². The molecule has 0 aromatic carbocycles. The van der Waals surface area contributed by atoms with Gasteiger partial charge in [-0.1, -0.05) is 5.11 Å². The lowest BCUT2D eigenvalue weighted by molar-refractivity contribution is -0.137. The van der Waals surface area contributed by atoms with Crippen molar-refractivity contribution in [2.75, 3.05) is 13.2 Å². The fourth-order valence-electron chi connectivity index (χ4n) is 2.66. The first-order valence-corrected chi connectivity index (χ1v) is 8.46. The summed E-state index contributed by atoms with van der Waals surface area (Å²) in [6, 6.07) is -0.686. The van der Waals surface area contributed by atoms with Crippen LogP contribution in [0.5, 0.6) is 0 Å². The average Bonchev–Trinajstić information content (AvgIpc) is 3.03. The molecule has 2 heterocycles. The zero-order valence-corrected chi connectivity index (χ0v) is 15.0. The molecule has 0 aliphatic carbocycles. The van der Waals surface area contributed by atoms with Gasteiger partial charge < -0.3 is 19.9 Å². The number of aliphatic carboxylic acids is 1. The zero-order valence-electron chi connectivity index (χ0n) is 15.0. The molecule has 0 spiro atoms. The second kappa shape index (κ2) is 9.58. The first-order chi connectivity index (χ1) is 13.3. The lowest BCUT2D eigenvalue weighted by Crippen LogP contribution is -2.34. The highest BCUT2D eigenvalue weighted by Crippen LogP contribution is 2.30. The summed E-state index contributed by atoms with van der Waals surface area (Å²) in [5.41, 5.74) is 7.85. The molecule has 3 unspecified atom stereocenters. The molecule has 13 nitrogen and oxygen atoms in total. The predicted octanol–water partition coefficient (Wildman–Crippen LogP) is 0.402. The monoisotopic (exact) mass is 396 g/mol. The van der Waals surface area contributed by atoms with Gasteiger partial charge in [-0.05, 0) is 18.9 Å². The normalized spacial score (nSPS) is 21.0. The van der Waals surface area contributed by atoms with Crippen LogP contribution in [0.4, 0.5) is 4.79 Å². The third-order valence-corrected chi connectivity index (χ3v) is 4.08. The number of aromatic amines is 1. The van der Waals surface area contributed by atoms with Gasteiger partial charge in [-0.2, -0.15) is 0 Å². The van der Waals surface area contributed by atoms with E-state index in [2.05, 4.69) is 20.3 Å². The maximum atomic E-state index is 12.0. The van der Waals surface area contributed by atoms with Crippen molar-refractivity contribution in [1.82, 2.24) is 14.9 Å². The number of hydrogen-bond donors (Lipinski definition) is 3. The van der Waals surface area contributed by atoms with Crippen molar-refractivity contribution in [3.8, 4) is 0 Å². The van der Waals surface area contributed by atoms with Crippen molar-refractivity contribution in [1.29, 1.82) is 0 Å². The highest BCUT2D eigenvalue weighted by Gasteiger charge is 2.37. The molecule has 1 aromatic rings. The zero-order chi connectivity index (χ0) is 20.7. The van der Waals surface area contributed by atoms with Crippen molar-refractivity contribution in [2.24, 2.45) is 5.11 Å². The summed E-state index contributed by atoms with van der Waals surface area (Å²) in [5, 5.41) is 14.5. The van der Waals surface area contributed by atoms with E-state index in [-0.39, 0.29) is 32.4 Å². The van der Waals surface area contributed by atoms with Crippen molar-refractivity contribution >= 4 is 12.1 Å². The molecule has 3 N–H and O–H groups in total. The van der Waals surface area contributed by atoms with Crippen LogP contribution >= 0.6 is 0 Å². The number of aromatic nitrogens is 2. The first-order valence-electron chi connectivity index (χ1n) is 8.46. The van der Waals surface area contributed by atoms with Crippen molar-refractivity contribution in [3.63, 3.8) is 0 Å². The summed E-state index contributed by atoms with van der Waals surface area (Å²) in [6.45, 7) is 1.43. The number of hydrogen-bond acceptors (Lipinski definition) is 7. The summed E-state index contributed by atoms with van der Waals surface area (Å²) < 4.78 is 11.9. The molecule has 0 saturated carbocycles. The molecule has 1 amide bonds. The molecule has 2 rings (SSSR count). The molecule has 0 bridgehead atoms. The number of carbonyl (C=O) groups excluding carboxylic acids is 1. The van der Waals surface area contributed by atoms with Gasteiger partial charge in [0.15, 0.2) is 0 Å². The molecule has 1 aromatic heterocycles. The number of aryl methyl sites for hydroxylation is 1. The summed E-state index contributed by atoms with van der Waals surface area (Å²) in [6.07, 6.45) is -0.687. The van der Waals surface area contributed by atoms with E-state index in [4.69, 9.17) is 20.1 Å². The summed E-state index contributed by atoms with van der Waals surface area (Å²) in [4.78, 5) is 50.5. The van der Waals surface area contributed by atoms with Crippen LogP contribution in [0.1, 0.15) is 31.1 Å². The standard InChI is InChI=1S/C15H20N6O7/c1-8-6-21(14(25)18-13(8)24)11-5-9(19-20-16)10(28-11)7-27-15(26)17-4-2-3-12(22)23/h6,9-11H,2-5,7H2,1H3,(H,17,26)(H,22,23)(H,18,24,25). The van der Waals surface area contributed by atoms with Crippen LogP contribution in [0.25, 0.3) is 10.4 Å². The van der Waals surface area contributed by atoms with Crippen molar-refractivity contribution < 1.29 is 24.2 Å². The molecule has 13 heteroatoms. The molecule has 3 atom stereocenters. The van der Waals surface area contributed by atoms with Crippen LogP contribution in [0.15, 0.2) is 20.9 Å². The Morgan fingerprint density at radius 3 is 2.96 bits per heavy atom. The minimum absolute atomic E-state index is 0.0833. The molecule has 1 saturated heterocycles. The summed E-state index contributed by atoms with van der Waals surface area (Å²) in [5.74, 6) is -0.967. The number of azide groups is 1. The molecule has 1 fully saturated rings. The highest BCUT2D eigenvalue weighted by molar-refractivity contribution is 5.68. The molecular formula is C15H20N6O7. The van der Waals surface area contributed by atoms with E-state index in [9.17, 15) is 19.2 Å². The lowest BCUT2D eigenvalue weighted by Gasteiger charge is -2.17. The molecule has 152 valence electrons. The van der Waals surface area contributed by atoms with Crippen LogP contribution in [0, 0.1) is 6.92 Å². The number of ether oxygens (including phenoxy) is 2. The Morgan fingerprint density at radius 2 is 2.29 bits per heavy atom. The number of amides is 1. The third-order valence-electron chi connectivity index (χ3n) is 4.08. The first kappa shape index (κ1) is 21.0.